The molecule has 0 radical (unpaired) electrons. The van der Waals surface area contributed by atoms with Crippen LogP contribution in [0.25, 0.3) is 0 Å². The topological polar surface area (TPSA) is 93.4 Å². The van der Waals surface area contributed by atoms with Crippen LogP contribution in [0.5, 0.6) is 0 Å². The largest absolute Gasteiger partial charge is 0.479 e. The van der Waals surface area contributed by atoms with Gasteiger partial charge in [0.15, 0.2) is 5.60 Å². The number of nitrogens with zero attached hydrogens (tertiary/aromatic N) is 1. The maximum atomic E-state index is 10.6. The number of carboxylic acid groups (broad SMARTS) is 1. The Balaban J connectivity index is 2.76. The van der Waals surface area contributed by atoms with Crippen LogP contribution in [-0.2, 0) is 4.79 Å². The van der Waals surface area contributed by atoms with E-state index in [0.29, 0.717) is 11.3 Å². The second-order valence-corrected chi connectivity index (χ2v) is 3.59. The maximum absolute atomic E-state index is 10.6. The van der Waals surface area contributed by atoms with Gasteiger partial charge in [-0.25, -0.2) is 4.79 Å². The SMILES string of the molecule is CC(O)(CNc1ccccc1C#N)C(=O)O. The number of carboxylic acids is 1. The lowest BCUT2D eigenvalue weighted by Gasteiger charge is -2.19. The molecule has 1 aromatic carbocycles. The third-order valence-corrected chi connectivity index (χ3v) is 2.13. The molecule has 0 aliphatic rings. The highest BCUT2D eigenvalue weighted by Gasteiger charge is 2.29. The number of aliphatic carboxylic acids is 1. The molecule has 0 heterocycles. The number of aliphatic hydroxyl groups is 1. The van der Waals surface area contributed by atoms with Crippen LogP contribution in [0.2, 0.25) is 0 Å². The molecule has 0 saturated carbocycles. The van der Waals surface area contributed by atoms with Crippen molar-refractivity contribution in [3.8, 4) is 6.07 Å². The molecule has 3 N–H and O–H groups in total. The van der Waals surface area contributed by atoms with Gasteiger partial charge in [0.1, 0.15) is 6.07 Å². The van der Waals surface area contributed by atoms with Gasteiger partial charge in [0.05, 0.1) is 17.8 Å². The predicted molar refractivity (Wildman–Crippen MR) is 57.9 cm³/mol. The molecule has 0 aliphatic carbocycles. The van der Waals surface area contributed by atoms with Gasteiger partial charge < -0.3 is 15.5 Å². The Kier molecular flexibility index (Phi) is 3.48. The standard InChI is InChI=1S/C11H12N2O3/c1-11(16,10(14)15)7-13-9-5-3-2-4-8(9)6-12/h2-5,13,16H,7H2,1H3,(H,14,15). The first-order valence-electron chi connectivity index (χ1n) is 4.66. The van der Waals surface area contributed by atoms with E-state index in [2.05, 4.69) is 5.32 Å². The smallest absolute Gasteiger partial charge is 0.337 e. The average Bonchev–Trinajstić information content (AvgIpc) is 2.26. The molecule has 84 valence electrons. The molecule has 16 heavy (non-hydrogen) atoms. The fraction of sp³-hybridized carbons (Fsp3) is 0.273. The molecule has 1 aromatic rings. The molecule has 0 aliphatic heterocycles. The average molecular weight is 220 g/mol. The van der Waals surface area contributed by atoms with Crippen LogP contribution in [0, 0.1) is 11.3 Å². The van der Waals surface area contributed by atoms with Gasteiger partial charge in [-0.05, 0) is 19.1 Å². The third-order valence-electron chi connectivity index (χ3n) is 2.13. The molecule has 0 aromatic heterocycles. The van der Waals surface area contributed by atoms with Crippen LogP contribution in [0.4, 0.5) is 5.69 Å². The highest BCUT2D eigenvalue weighted by Crippen LogP contribution is 2.15. The molecule has 0 spiro atoms. The van der Waals surface area contributed by atoms with Crippen molar-refractivity contribution in [2.75, 3.05) is 11.9 Å². The summed E-state index contributed by atoms with van der Waals surface area (Å²) in [4.78, 5) is 10.6. The molecule has 5 nitrogen and oxygen atoms in total. The lowest BCUT2D eigenvalue weighted by molar-refractivity contribution is -0.155. The molecule has 0 amide bonds. The molecule has 1 atom stereocenters. The fourth-order valence-electron chi connectivity index (χ4n) is 1.08. The summed E-state index contributed by atoms with van der Waals surface area (Å²) in [6.45, 7) is 1.03. The summed E-state index contributed by atoms with van der Waals surface area (Å²) in [6.07, 6.45) is 0. The zero-order valence-corrected chi connectivity index (χ0v) is 8.77. The Hall–Kier alpha value is -2.06. The number of anilines is 1. The Morgan fingerprint density at radius 2 is 2.19 bits per heavy atom. The summed E-state index contributed by atoms with van der Waals surface area (Å²) in [6, 6.07) is 8.66. The lowest BCUT2D eigenvalue weighted by atomic mass is 10.1. The number of rotatable bonds is 4. The highest BCUT2D eigenvalue weighted by molar-refractivity contribution is 5.77. The van der Waals surface area contributed by atoms with Crippen molar-refractivity contribution in [2.45, 2.75) is 12.5 Å². The minimum Gasteiger partial charge on any atom is -0.479 e. The van der Waals surface area contributed by atoms with Gasteiger partial charge in [-0.15, -0.1) is 0 Å². The monoisotopic (exact) mass is 220 g/mol. The minimum absolute atomic E-state index is 0.166. The van der Waals surface area contributed by atoms with E-state index in [1.165, 1.54) is 6.92 Å². The van der Waals surface area contributed by atoms with E-state index in [-0.39, 0.29) is 6.54 Å². The van der Waals surface area contributed by atoms with E-state index in [0.717, 1.165) is 0 Å². The maximum Gasteiger partial charge on any atom is 0.337 e. The van der Waals surface area contributed by atoms with Gasteiger partial charge >= 0.3 is 5.97 Å². The van der Waals surface area contributed by atoms with E-state index in [4.69, 9.17) is 10.4 Å². The minimum atomic E-state index is -1.86. The molecular formula is C11H12N2O3. The number of carbonyl (C=O) groups is 1. The molecular weight excluding hydrogens is 208 g/mol. The first-order valence-corrected chi connectivity index (χ1v) is 4.66. The summed E-state index contributed by atoms with van der Waals surface area (Å²) in [5.74, 6) is -1.31. The van der Waals surface area contributed by atoms with Gasteiger partial charge in [-0.1, -0.05) is 12.1 Å². The third kappa shape index (κ3) is 2.72. The van der Waals surface area contributed by atoms with Crippen LogP contribution in [0.15, 0.2) is 24.3 Å². The Bertz CT molecular complexity index is 435. The van der Waals surface area contributed by atoms with Crippen LogP contribution in [0.1, 0.15) is 12.5 Å². The van der Waals surface area contributed by atoms with E-state index in [1.54, 1.807) is 24.3 Å². The lowest BCUT2D eigenvalue weighted by Crippen LogP contribution is -2.41. The summed E-state index contributed by atoms with van der Waals surface area (Å²) in [5, 5.41) is 29.7. The molecule has 1 rings (SSSR count). The van der Waals surface area contributed by atoms with Crippen molar-refractivity contribution in [3.05, 3.63) is 29.8 Å². The van der Waals surface area contributed by atoms with Crippen molar-refractivity contribution >= 4 is 11.7 Å². The van der Waals surface area contributed by atoms with Gasteiger partial charge in [0, 0.05) is 0 Å². The fourth-order valence-corrected chi connectivity index (χ4v) is 1.08. The van der Waals surface area contributed by atoms with Crippen LogP contribution in [-0.4, -0.2) is 28.3 Å². The summed E-state index contributed by atoms with van der Waals surface area (Å²) in [7, 11) is 0. The van der Waals surface area contributed by atoms with Crippen LogP contribution >= 0.6 is 0 Å². The van der Waals surface area contributed by atoms with Crippen molar-refractivity contribution in [1.29, 1.82) is 5.26 Å². The molecule has 0 fully saturated rings. The predicted octanol–water partition coefficient (Wildman–Crippen LogP) is 0.806. The van der Waals surface area contributed by atoms with E-state index in [9.17, 15) is 9.90 Å². The Morgan fingerprint density at radius 3 is 2.75 bits per heavy atom. The highest BCUT2D eigenvalue weighted by atomic mass is 16.4. The molecule has 0 bridgehead atoms. The number of hydrogen-bond acceptors (Lipinski definition) is 4. The van der Waals surface area contributed by atoms with Crippen molar-refractivity contribution in [1.82, 2.24) is 0 Å². The van der Waals surface area contributed by atoms with Crippen molar-refractivity contribution in [2.24, 2.45) is 0 Å². The zero-order valence-electron chi connectivity index (χ0n) is 8.77. The second-order valence-electron chi connectivity index (χ2n) is 3.59. The van der Waals surface area contributed by atoms with E-state index >= 15 is 0 Å². The van der Waals surface area contributed by atoms with Crippen molar-refractivity contribution in [3.63, 3.8) is 0 Å². The zero-order chi connectivity index (χ0) is 12.2. The first kappa shape index (κ1) is 12.0. The Labute approximate surface area is 92.9 Å². The van der Waals surface area contributed by atoms with E-state index < -0.39 is 11.6 Å². The second kappa shape index (κ2) is 4.64. The molecule has 1 unspecified atom stereocenters. The number of nitrogens with one attached hydrogen (secondary N) is 1. The summed E-state index contributed by atoms with van der Waals surface area (Å²) >= 11 is 0. The van der Waals surface area contributed by atoms with Gasteiger partial charge in [0.2, 0.25) is 0 Å². The number of para-hydroxylation sites is 1. The van der Waals surface area contributed by atoms with E-state index in [1.807, 2.05) is 6.07 Å². The first-order chi connectivity index (χ1) is 7.47. The quantitative estimate of drug-likeness (QED) is 0.698. The van der Waals surface area contributed by atoms with Gasteiger partial charge in [0.25, 0.3) is 0 Å². The van der Waals surface area contributed by atoms with Crippen molar-refractivity contribution < 1.29 is 15.0 Å². The summed E-state index contributed by atoms with van der Waals surface area (Å²) < 4.78 is 0. The van der Waals surface area contributed by atoms with Gasteiger partial charge in [-0.2, -0.15) is 5.26 Å². The number of nitriles is 1. The van der Waals surface area contributed by atoms with Crippen LogP contribution in [0.3, 0.4) is 0 Å². The summed E-state index contributed by atoms with van der Waals surface area (Å²) in [5.41, 5.74) is -0.946. The van der Waals surface area contributed by atoms with Gasteiger partial charge in [-0.3, -0.25) is 0 Å². The number of hydrogen-bond donors (Lipinski definition) is 3. The Morgan fingerprint density at radius 1 is 1.56 bits per heavy atom. The normalized spacial score (nSPS) is 13.6. The number of benzene rings is 1. The molecule has 0 saturated heterocycles. The molecule has 5 heteroatoms. The van der Waals surface area contributed by atoms with Crippen LogP contribution < -0.4 is 5.32 Å².